The van der Waals surface area contributed by atoms with Gasteiger partial charge in [-0.1, -0.05) is 0 Å². The quantitative estimate of drug-likeness (QED) is 0.250. The molecule has 0 aliphatic rings. The van der Waals surface area contributed by atoms with Crippen LogP contribution >= 0.6 is 0 Å². The first kappa shape index (κ1) is 24.1. The Kier molecular flexibility index (Phi) is 11.8. The Bertz CT molecular complexity index is 426. The fourth-order valence-corrected chi connectivity index (χ4v) is 0.714. The molecule has 5 N–H and O–H groups in total. The second kappa shape index (κ2) is 9.84. The predicted molar refractivity (Wildman–Crippen MR) is 64.2 cm³/mol. The van der Waals surface area contributed by atoms with Crippen LogP contribution in [0.5, 0.6) is 0 Å². The van der Waals surface area contributed by atoms with Gasteiger partial charge in [-0.05, 0) is 0 Å². The summed E-state index contributed by atoms with van der Waals surface area (Å²) >= 11 is 0. The van der Waals surface area contributed by atoms with E-state index in [0.717, 1.165) is 7.11 Å². The van der Waals surface area contributed by atoms with Gasteiger partial charge in [-0.3, -0.25) is 18.3 Å². The number of hydrogen-bond donors (Lipinski definition) is 5. The third kappa shape index (κ3) is 13.4. The summed E-state index contributed by atoms with van der Waals surface area (Å²) in [4.78, 5) is 30.5. The van der Waals surface area contributed by atoms with Crippen molar-refractivity contribution in [3.05, 3.63) is 0 Å². The smallest absolute Gasteiger partial charge is 0.397 e. The van der Waals surface area contributed by atoms with Crippen molar-refractivity contribution in [3.8, 4) is 0 Å². The Morgan fingerprint density at radius 3 is 1.40 bits per heavy atom. The first-order valence-electron chi connectivity index (χ1n) is 4.26. The topological polar surface area (TPSA) is 196 Å². The van der Waals surface area contributed by atoms with Crippen molar-refractivity contribution >= 4 is 51.4 Å². The minimum atomic E-state index is -4.16. The van der Waals surface area contributed by atoms with Crippen molar-refractivity contribution in [3.63, 3.8) is 0 Å². The summed E-state index contributed by atoms with van der Waals surface area (Å²) in [7, 11) is -3.29. The summed E-state index contributed by atoms with van der Waals surface area (Å²) in [5.74, 6) is -5.02. The van der Waals surface area contributed by atoms with Crippen LogP contribution in [0.15, 0.2) is 0 Å². The Morgan fingerprint density at radius 1 is 1.05 bits per heavy atom. The van der Waals surface area contributed by atoms with Gasteiger partial charge in [-0.2, -0.15) is 8.42 Å². The van der Waals surface area contributed by atoms with Crippen molar-refractivity contribution in [2.75, 3.05) is 7.11 Å². The molecule has 0 aromatic carbocycles. The third-order valence-electron chi connectivity index (χ3n) is 1.50. The summed E-state index contributed by atoms with van der Waals surface area (Å²) in [5, 5.41) is 33.8. The van der Waals surface area contributed by atoms with Crippen LogP contribution in [-0.2, 0) is 29.0 Å². The maximum atomic E-state index is 10.3. The van der Waals surface area contributed by atoms with E-state index < -0.39 is 46.7 Å². The van der Waals surface area contributed by atoms with Crippen LogP contribution in [0, 0.1) is 0 Å². The molecule has 20 heavy (non-hydrogen) atoms. The van der Waals surface area contributed by atoms with E-state index in [1.165, 1.54) is 0 Å². The molecule has 0 amide bonds. The van der Waals surface area contributed by atoms with E-state index in [0.29, 0.717) is 0 Å². The normalized spacial score (nSPS) is 10.6. The fourth-order valence-electron chi connectivity index (χ4n) is 0.714. The zero-order valence-corrected chi connectivity index (χ0v) is 10.3. The average molecular weight is 331 g/mol. The number of hydrogen-bond acceptors (Lipinski definition) is 7. The van der Waals surface area contributed by atoms with Gasteiger partial charge in [0.15, 0.2) is 5.60 Å². The van der Waals surface area contributed by atoms with Crippen LogP contribution in [0.25, 0.3) is 0 Å². The first-order chi connectivity index (χ1) is 8.34. The Balaban J connectivity index is -0.000000352. The largest absolute Gasteiger partial charge is 0.481 e. The van der Waals surface area contributed by atoms with Crippen molar-refractivity contribution in [2.45, 2.75) is 18.4 Å². The lowest BCUT2D eigenvalue weighted by molar-refractivity contribution is -0.170. The molecule has 0 saturated carbocycles. The molecule has 11 nitrogen and oxygen atoms in total. The molecule has 0 aromatic heterocycles. The van der Waals surface area contributed by atoms with Gasteiger partial charge in [0.2, 0.25) is 0 Å². The predicted octanol–water partition coefficient (Wildman–Crippen LogP) is -2.73. The molecular formula is C7H14MgO11S. The Hall–Kier alpha value is -0.994. The monoisotopic (exact) mass is 330 g/mol. The Labute approximate surface area is 129 Å². The molecule has 0 aromatic rings. The van der Waals surface area contributed by atoms with Crippen molar-refractivity contribution < 1.29 is 52.0 Å². The summed E-state index contributed by atoms with van der Waals surface area (Å²) in [6, 6.07) is 0. The lowest BCUT2D eigenvalue weighted by Crippen LogP contribution is -2.42. The maximum Gasteiger partial charge on any atom is 0.397 e. The van der Waals surface area contributed by atoms with Gasteiger partial charge in [-0.25, -0.2) is 4.79 Å². The molecule has 0 radical (unpaired) electrons. The van der Waals surface area contributed by atoms with Crippen LogP contribution in [0.3, 0.4) is 0 Å². The fraction of sp³-hybridized carbons (Fsp3) is 0.571. The number of carboxylic acid groups (broad SMARTS) is 3. The number of carboxylic acids is 3. The highest BCUT2D eigenvalue weighted by molar-refractivity contribution is 7.80. The molecule has 0 bridgehead atoms. The van der Waals surface area contributed by atoms with Crippen LogP contribution in [-0.4, -0.2) is 87.1 Å². The molecule has 0 aliphatic carbocycles. The lowest BCUT2D eigenvalue weighted by atomic mass is 9.96. The van der Waals surface area contributed by atoms with Crippen molar-refractivity contribution in [1.29, 1.82) is 0 Å². The maximum absolute atomic E-state index is 10.3. The molecule has 0 aliphatic heterocycles. The van der Waals surface area contributed by atoms with E-state index in [1.807, 2.05) is 0 Å². The van der Waals surface area contributed by atoms with Gasteiger partial charge in [0.05, 0.1) is 20.0 Å². The molecule has 0 spiro atoms. The van der Waals surface area contributed by atoms with Gasteiger partial charge >= 0.3 is 51.4 Å². The zero-order valence-electron chi connectivity index (χ0n) is 9.51. The van der Waals surface area contributed by atoms with Crippen LogP contribution in [0.2, 0.25) is 0 Å². The van der Waals surface area contributed by atoms with Crippen LogP contribution in [0.1, 0.15) is 12.8 Å². The van der Waals surface area contributed by atoms with Crippen molar-refractivity contribution in [2.24, 2.45) is 0 Å². The van der Waals surface area contributed by atoms with Gasteiger partial charge < -0.3 is 20.4 Å². The summed E-state index contributed by atoms with van der Waals surface area (Å²) in [6.07, 6.45) is -2.29. The molecule has 0 rings (SSSR count). The highest BCUT2D eigenvalue weighted by Gasteiger charge is 2.40. The van der Waals surface area contributed by atoms with E-state index >= 15 is 0 Å². The molecule has 0 fully saturated rings. The van der Waals surface area contributed by atoms with Gasteiger partial charge in [-0.15, -0.1) is 0 Å². The van der Waals surface area contributed by atoms with Crippen molar-refractivity contribution in [1.82, 2.24) is 0 Å². The molecule has 116 valence electrons. The molecule has 13 heteroatoms. The second-order valence-electron chi connectivity index (χ2n) is 3.07. The van der Waals surface area contributed by atoms with E-state index in [-0.39, 0.29) is 23.1 Å². The summed E-state index contributed by atoms with van der Waals surface area (Å²) < 4.78 is 29.7. The van der Waals surface area contributed by atoms with Crippen LogP contribution in [0.4, 0.5) is 0 Å². The standard InChI is InChI=1S/C6H8O7.CH4O4S.Mg.2H/c7-3(8)1-6(13,5(11)12)2-4(9)10;1-5-6(2,3)4;;;/h13H,1-2H2,(H,7,8)(H,9,10)(H,11,12);1H3,(H,2,3,4);;;. The molecular weight excluding hydrogens is 316 g/mol. The van der Waals surface area contributed by atoms with E-state index in [2.05, 4.69) is 4.18 Å². The SMILES string of the molecule is COS(=O)(=O)O.O=C(O)CC(O)(CC(=O)O)C(=O)O.[MgH2]. The molecule has 0 atom stereocenters. The first-order valence-corrected chi connectivity index (χ1v) is 5.63. The number of rotatable bonds is 6. The summed E-state index contributed by atoms with van der Waals surface area (Å²) in [5.41, 5.74) is -2.74. The number of carbonyl (C=O) groups is 3. The van der Waals surface area contributed by atoms with E-state index in [4.69, 9.17) is 25.0 Å². The highest BCUT2D eigenvalue weighted by Crippen LogP contribution is 2.15. The van der Waals surface area contributed by atoms with Gasteiger partial charge in [0.1, 0.15) is 0 Å². The van der Waals surface area contributed by atoms with E-state index in [1.54, 1.807) is 0 Å². The average Bonchev–Trinajstić information content (AvgIpc) is 2.14. The lowest BCUT2D eigenvalue weighted by Gasteiger charge is -2.18. The number of aliphatic carboxylic acids is 3. The van der Waals surface area contributed by atoms with E-state index in [9.17, 15) is 22.8 Å². The Morgan fingerprint density at radius 2 is 1.30 bits per heavy atom. The minimum Gasteiger partial charge on any atom is -0.481 e. The third-order valence-corrected chi connectivity index (χ3v) is 1.92. The second-order valence-corrected chi connectivity index (χ2v) is 4.26. The molecule has 0 unspecified atom stereocenters. The zero-order chi connectivity index (χ0) is 15.9. The highest BCUT2D eigenvalue weighted by atomic mass is 32.3. The van der Waals surface area contributed by atoms with Gasteiger partial charge in [0.25, 0.3) is 0 Å². The minimum absolute atomic E-state index is 0. The van der Waals surface area contributed by atoms with Gasteiger partial charge in [0, 0.05) is 0 Å². The summed E-state index contributed by atoms with van der Waals surface area (Å²) in [6.45, 7) is 0. The molecule has 0 saturated heterocycles. The molecule has 0 heterocycles. The number of aliphatic hydroxyl groups is 1. The van der Waals surface area contributed by atoms with Crippen LogP contribution < -0.4 is 0 Å².